The van der Waals surface area contributed by atoms with Crippen LogP contribution in [0.2, 0.25) is 0 Å². The van der Waals surface area contributed by atoms with Crippen LogP contribution in [0, 0.1) is 5.82 Å². The van der Waals surface area contributed by atoms with Crippen molar-refractivity contribution in [2.45, 2.75) is 12.3 Å². The molecule has 1 aromatic carbocycles. The van der Waals surface area contributed by atoms with Crippen LogP contribution in [0.1, 0.15) is 17.9 Å². The number of nitrogens with two attached hydrogens (primary N) is 1. The number of carbonyl (C=O) groups is 1. The van der Waals surface area contributed by atoms with Crippen LogP contribution in [0.25, 0.3) is 0 Å². The molecule has 0 aromatic heterocycles. The predicted molar refractivity (Wildman–Crippen MR) is 57.0 cm³/mol. The van der Waals surface area contributed by atoms with Crippen LogP contribution in [-0.4, -0.2) is 24.7 Å². The zero-order chi connectivity index (χ0) is 12.1. The van der Waals surface area contributed by atoms with Crippen molar-refractivity contribution in [2.24, 2.45) is 5.73 Å². The summed E-state index contributed by atoms with van der Waals surface area (Å²) >= 11 is 0. The lowest BCUT2D eigenvalue weighted by molar-refractivity contribution is -0.137. The predicted octanol–water partition coefficient (Wildman–Crippen LogP) is 1.35. The zero-order valence-corrected chi connectivity index (χ0v) is 8.94. The summed E-state index contributed by atoms with van der Waals surface area (Å²) in [7, 11) is 1.37. The highest BCUT2D eigenvalue weighted by molar-refractivity contribution is 5.68. The maximum absolute atomic E-state index is 13.4. The van der Waals surface area contributed by atoms with Crippen molar-refractivity contribution >= 4 is 5.97 Å². The van der Waals surface area contributed by atoms with Crippen molar-refractivity contribution in [2.75, 3.05) is 13.7 Å². The van der Waals surface area contributed by atoms with Gasteiger partial charge in [-0.2, -0.15) is 0 Å². The Labute approximate surface area is 92.8 Å². The number of ether oxygens (including phenoxy) is 1. The van der Waals surface area contributed by atoms with Gasteiger partial charge >= 0.3 is 5.97 Å². The van der Waals surface area contributed by atoms with Gasteiger partial charge in [0.2, 0.25) is 0 Å². The van der Waals surface area contributed by atoms with E-state index >= 15 is 0 Å². The topological polar surface area (TPSA) is 72.5 Å². The number of halogens is 1. The van der Waals surface area contributed by atoms with Gasteiger partial charge < -0.3 is 15.6 Å². The second-order valence-corrected chi connectivity index (χ2v) is 3.42. The van der Waals surface area contributed by atoms with Crippen LogP contribution in [0.5, 0.6) is 5.75 Å². The third-order valence-electron chi connectivity index (χ3n) is 2.35. The normalized spacial score (nSPS) is 12.2. The van der Waals surface area contributed by atoms with Crippen molar-refractivity contribution in [1.29, 1.82) is 0 Å². The molecule has 0 spiro atoms. The average Bonchev–Trinajstić information content (AvgIpc) is 2.25. The van der Waals surface area contributed by atoms with Crippen LogP contribution in [0.4, 0.5) is 4.39 Å². The molecule has 3 N–H and O–H groups in total. The summed E-state index contributed by atoms with van der Waals surface area (Å²) in [5.41, 5.74) is 6.03. The summed E-state index contributed by atoms with van der Waals surface area (Å²) in [6.07, 6.45) is -0.109. The van der Waals surface area contributed by atoms with Crippen molar-refractivity contribution in [3.63, 3.8) is 0 Å². The minimum Gasteiger partial charge on any atom is -0.494 e. The molecule has 0 amide bonds. The maximum atomic E-state index is 13.4. The van der Waals surface area contributed by atoms with Crippen LogP contribution >= 0.6 is 0 Å². The summed E-state index contributed by atoms with van der Waals surface area (Å²) < 4.78 is 18.1. The first-order valence-corrected chi connectivity index (χ1v) is 4.83. The molecule has 0 bridgehead atoms. The molecule has 0 aliphatic rings. The van der Waals surface area contributed by atoms with Gasteiger partial charge in [-0.3, -0.25) is 4.79 Å². The highest BCUT2D eigenvalue weighted by Gasteiger charge is 2.15. The smallest absolute Gasteiger partial charge is 0.304 e. The van der Waals surface area contributed by atoms with Gasteiger partial charge in [-0.15, -0.1) is 0 Å². The number of benzene rings is 1. The summed E-state index contributed by atoms with van der Waals surface area (Å²) in [5, 5.41) is 8.67. The molecule has 1 atom stereocenters. The van der Waals surface area contributed by atoms with Gasteiger partial charge in [0.05, 0.1) is 13.5 Å². The van der Waals surface area contributed by atoms with E-state index in [1.807, 2.05) is 0 Å². The Morgan fingerprint density at radius 3 is 2.75 bits per heavy atom. The second kappa shape index (κ2) is 5.46. The van der Waals surface area contributed by atoms with E-state index in [4.69, 9.17) is 15.6 Å². The molecule has 0 fully saturated rings. The SMILES string of the molecule is COc1ccc(C(CN)CC(=O)O)cc1F. The van der Waals surface area contributed by atoms with Crippen LogP contribution in [0.15, 0.2) is 18.2 Å². The van der Waals surface area contributed by atoms with Crippen LogP contribution in [0.3, 0.4) is 0 Å². The van der Waals surface area contributed by atoms with E-state index in [9.17, 15) is 9.18 Å². The van der Waals surface area contributed by atoms with E-state index in [1.54, 1.807) is 6.07 Å². The number of hydrogen-bond donors (Lipinski definition) is 2. The standard InChI is InChI=1S/C11H14FNO3/c1-16-10-3-2-7(4-9(10)12)8(6-13)5-11(14)15/h2-4,8H,5-6,13H2,1H3,(H,14,15). The maximum Gasteiger partial charge on any atom is 0.304 e. The Morgan fingerprint density at radius 1 is 1.62 bits per heavy atom. The van der Waals surface area contributed by atoms with Gasteiger partial charge in [-0.25, -0.2) is 4.39 Å². The van der Waals surface area contributed by atoms with E-state index < -0.39 is 11.8 Å². The quantitative estimate of drug-likeness (QED) is 0.796. The number of aliphatic carboxylic acids is 1. The van der Waals surface area contributed by atoms with Gasteiger partial charge in [-0.05, 0) is 24.2 Å². The Kier molecular flexibility index (Phi) is 4.25. The Balaban J connectivity index is 2.93. The van der Waals surface area contributed by atoms with E-state index in [1.165, 1.54) is 19.2 Å². The first kappa shape index (κ1) is 12.4. The van der Waals surface area contributed by atoms with E-state index in [0.29, 0.717) is 5.56 Å². The largest absolute Gasteiger partial charge is 0.494 e. The highest BCUT2D eigenvalue weighted by atomic mass is 19.1. The van der Waals surface area contributed by atoms with Crippen molar-refractivity contribution < 1.29 is 19.0 Å². The van der Waals surface area contributed by atoms with Crippen molar-refractivity contribution in [1.82, 2.24) is 0 Å². The molecule has 1 aromatic rings. The van der Waals surface area contributed by atoms with Crippen LogP contribution < -0.4 is 10.5 Å². The van der Waals surface area contributed by atoms with Gasteiger partial charge in [0, 0.05) is 5.92 Å². The Morgan fingerprint density at radius 2 is 2.31 bits per heavy atom. The lowest BCUT2D eigenvalue weighted by Crippen LogP contribution is -2.16. The minimum absolute atomic E-state index is 0.109. The Hall–Kier alpha value is -1.62. The monoisotopic (exact) mass is 227 g/mol. The molecule has 4 nitrogen and oxygen atoms in total. The van der Waals surface area contributed by atoms with Crippen molar-refractivity contribution in [3.05, 3.63) is 29.6 Å². The molecule has 0 heterocycles. The van der Waals surface area contributed by atoms with Crippen molar-refractivity contribution in [3.8, 4) is 5.75 Å². The zero-order valence-electron chi connectivity index (χ0n) is 8.94. The van der Waals surface area contributed by atoms with Gasteiger partial charge in [0.25, 0.3) is 0 Å². The minimum atomic E-state index is -0.952. The lowest BCUT2D eigenvalue weighted by Gasteiger charge is -2.13. The molecule has 5 heteroatoms. The van der Waals surface area contributed by atoms with Gasteiger partial charge in [0.15, 0.2) is 11.6 Å². The number of rotatable bonds is 5. The third-order valence-corrected chi connectivity index (χ3v) is 2.35. The first-order valence-electron chi connectivity index (χ1n) is 4.83. The molecule has 0 saturated carbocycles. The lowest BCUT2D eigenvalue weighted by atomic mass is 9.96. The molecule has 1 rings (SSSR count). The van der Waals surface area contributed by atoms with E-state index in [-0.39, 0.29) is 24.6 Å². The summed E-state index contributed by atoms with van der Waals surface area (Å²) in [4.78, 5) is 10.6. The Bertz CT molecular complexity index is 381. The molecule has 0 saturated heterocycles. The fourth-order valence-corrected chi connectivity index (χ4v) is 1.48. The third kappa shape index (κ3) is 2.93. The molecule has 0 aliphatic heterocycles. The van der Waals surface area contributed by atoms with Gasteiger partial charge in [0.1, 0.15) is 0 Å². The number of methoxy groups -OCH3 is 1. The molecule has 88 valence electrons. The molecular weight excluding hydrogens is 213 g/mol. The number of hydrogen-bond acceptors (Lipinski definition) is 3. The number of carboxylic acids is 1. The average molecular weight is 227 g/mol. The summed E-state index contributed by atoms with van der Waals surface area (Å²) in [5.74, 6) is -1.71. The second-order valence-electron chi connectivity index (χ2n) is 3.42. The van der Waals surface area contributed by atoms with E-state index in [2.05, 4.69) is 0 Å². The molecule has 0 radical (unpaired) electrons. The fourth-order valence-electron chi connectivity index (χ4n) is 1.48. The highest BCUT2D eigenvalue weighted by Crippen LogP contribution is 2.24. The molecule has 0 aliphatic carbocycles. The van der Waals surface area contributed by atoms with E-state index in [0.717, 1.165) is 0 Å². The first-order chi connectivity index (χ1) is 7.58. The number of carboxylic acid groups (broad SMARTS) is 1. The summed E-state index contributed by atoms with van der Waals surface area (Å²) in [6, 6.07) is 4.36. The molecule has 1 unspecified atom stereocenters. The molecular formula is C11H14FNO3. The fraction of sp³-hybridized carbons (Fsp3) is 0.364. The van der Waals surface area contributed by atoms with Crippen LogP contribution in [-0.2, 0) is 4.79 Å². The molecule has 16 heavy (non-hydrogen) atoms. The summed E-state index contributed by atoms with van der Waals surface area (Å²) in [6.45, 7) is 0.165. The van der Waals surface area contributed by atoms with Gasteiger partial charge in [-0.1, -0.05) is 6.07 Å².